The summed E-state index contributed by atoms with van der Waals surface area (Å²) in [7, 11) is 0. The first-order chi connectivity index (χ1) is 13.1. The Balaban J connectivity index is 1.87. The van der Waals surface area contributed by atoms with Crippen LogP contribution in [0.1, 0.15) is 31.9 Å². The Morgan fingerprint density at radius 2 is 1.56 bits per heavy atom. The van der Waals surface area contributed by atoms with Gasteiger partial charge >= 0.3 is 11.8 Å². The molecule has 0 radical (unpaired) electrons. The number of hydrogen-bond donors (Lipinski definition) is 2. The van der Waals surface area contributed by atoms with Crippen LogP contribution in [0, 0.1) is 0 Å². The van der Waals surface area contributed by atoms with Gasteiger partial charge in [0.2, 0.25) is 0 Å². The predicted molar refractivity (Wildman–Crippen MR) is 110 cm³/mol. The summed E-state index contributed by atoms with van der Waals surface area (Å²) in [5, 5.41) is 6.39. The summed E-state index contributed by atoms with van der Waals surface area (Å²) in [4.78, 5) is 26.0. The second-order valence-corrected chi connectivity index (χ2v) is 5.97. The third kappa shape index (κ3) is 5.95. The van der Waals surface area contributed by atoms with Gasteiger partial charge in [-0.05, 0) is 55.7 Å². The van der Waals surface area contributed by atoms with Crippen molar-refractivity contribution in [3.63, 3.8) is 0 Å². The second-order valence-electron chi connectivity index (χ2n) is 5.97. The van der Waals surface area contributed by atoms with E-state index in [9.17, 15) is 9.59 Å². The molecule has 0 saturated heterocycles. The zero-order valence-corrected chi connectivity index (χ0v) is 16.0. The third-order valence-electron chi connectivity index (χ3n) is 4.23. The number of carbonyl (C=O) groups is 2. The zero-order chi connectivity index (χ0) is 19.6. The van der Waals surface area contributed by atoms with Crippen molar-refractivity contribution in [2.75, 3.05) is 23.3 Å². The summed E-state index contributed by atoms with van der Waals surface area (Å²) in [5.74, 6) is -1.57. The standard InChI is InChI=1S/C21H26N4O2/c1-4-16-7-11-18(12-8-16)23-20(26)21(27)24-22-15-17-9-13-19(14-10-17)25(5-2)6-3/h7-15H,4-6H2,1-3H3,(H,23,26)(H,24,27)/b22-15-. The highest BCUT2D eigenvalue weighted by Gasteiger charge is 2.12. The number of anilines is 2. The van der Waals surface area contributed by atoms with Gasteiger partial charge in [0, 0.05) is 24.5 Å². The van der Waals surface area contributed by atoms with Crippen molar-refractivity contribution < 1.29 is 9.59 Å². The van der Waals surface area contributed by atoms with Gasteiger partial charge in [-0.1, -0.05) is 31.2 Å². The van der Waals surface area contributed by atoms with Crippen LogP contribution in [0.5, 0.6) is 0 Å². The first kappa shape index (κ1) is 20.2. The molecule has 2 N–H and O–H groups in total. The largest absolute Gasteiger partial charge is 0.372 e. The van der Waals surface area contributed by atoms with Gasteiger partial charge in [-0.15, -0.1) is 0 Å². The van der Waals surface area contributed by atoms with E-state index < -0.39 is 11.8 Å². The molecule has 6 nitrogen and oxygen atoms in total. The molecule has 0 heterocycles. The number of nitrogens with one attached hydrogen (secondary N) is 2. The topological polar surface area (TPSA) is 73.8 Å². The second kappa shape index (κ2) is 10.1. The number of rotatable bonds is 7. The summed E-state index contributed by atoms with van der Waals surface area (Å²) in [6.45, 7) is 8.15. The molecular formula is C21H26N4O2. The van der Waals surface area contributed by atoms with Crippen molar-refractivity contribution in [3.05, 3.63) is 59.7 Å². The van der Waals surface area contributed by atoms with Crippen molar-refractivity contribution in [1.29, 1.82) is 0 Å². The Morgan fingerprint density at radius 3 is 2.11 bits per heavy atom. The predicted octanol–water partition coefficient (Wildman–Crippen LogP) is 3.18. The van der Waals surface area contributed by atoms with Gasteiger partial charge in [0.1, 0.15) is 0 Å². The fraction of sp³-hybridized carbons (Fsp3) is 0.286. The van der Waals surface area contributed by atoms with Gasteiger partial charge in [-0.3, -0.25) is 9.59 Å². The molecule has 0 unspecified atom stereocenters. The van der Waals surface area contributed by atoms with Crippen molar-refractivity contribution in [3.8, 4) is 0 Å². The van der Waals surface area contributed by atoms with Crippen molar-refractivity contribution in [1.82, 2.24) is 5.43 Å². The van der Waals surface area contributed by atoms with Crippen LogP contribution in [0.3, 0.4) is 0 Å². The molecule has 0 aliphatic carbocycles. The maximum absolute atomic E-state index is 11.9. The Labute approximate surface area is 160 Å². The van der Waals surface area contributed by atoms with Crippen LogP contribution >= 0.6 is 0 Å². The van der Waals surface area contributed by atoms with Crippen LogP contribution in [-0.2, 0) is 16.0 Å². The quantitative estimate of drug-likeness (QED) is 0.449. The Kier molecular flexibility index (Phi) is 7.55. The molecule has 0 saturated carbocycles. The molecule has 0 atom stereocenters. The first-order valence-corrected chi connectivity index (χ1v) is 9.15. The molecule has 0 spiro atoms. The van der Waals surface area contributed by atoms with Crippen molar-refractivity contribution in [2.24, 2.45) is 5.10 Å². The lowest BCUT2D eigenvalue weighted by Crippen LogP contribution is -2.32. The molecule has 2 aromatic rings. The number of amides is 2. The van der Waals surface area contributed by atoms with E-state index in [-0.39, 0.29) is 0 Å². The highest BCUT2D eigenvalue weighted by molar-refractivity contribution is 6.39. The first-order valence-electron chi connectivity index (χ1n) is 9.15. The SMILES string of the molecule is CCc1ccc(NC(=O)C(=O)N/N=C\c2ccc(N(CC)CC)cc2)cc1. The highest BCUT2D eigenvalue weighted by Crippen LogP contribution is 2.14. The molecule has 0 aromatic heterocycles. The van der Waals surface area contributed by atoms with Crippen molar-refractivity contribution in [2.45, 2.75) is 27.2 Å². The summed E-state index contributed by atoms with van der Waals surface area (Å²) in [5.41, 5.74) is 5.94. The number of nitrogens with zero attached hydrogens (tertiary/aromatic N) is 2. The lowest BCUT2D eigenvalue weighted by molar-refractivity contribution is -0.136. The molecule has 2 amide bonds. The van der Waals surface area contributed by atoms with Gasteiger partial charge in [-0.25, -0.2) is 5.43 Å². The third-order valence-corrected chi connectivity index (χ3v) is 4.23. The fourth-order valence-electron chi connectivity index (χ4n) is 2.59. The fourth-order valence-corrected chi connectivity index (χ4v) is 2.59. The van der Waals surface area contributed by atoms with Gasteiger partial charge < -0.3 is 10.2 Å². The van der Waals surface area contributed by atoms with Gasteiger partial charge in [-0.2, -0.15) is 5.10 Å². The average molecular weight is 366 g/mol. The Hall–Kier alpha value is -3.15. The summed E-state index contributed by atoms with van der Waals surface area (Å²) < 4.78 is 0. The number of benzene rings is 2. The molecule has 6 heteroatoms. The molecular weight excluding hydrogens is 340 g/mol. The Morgan fingerprint density at radius 1 is 0.926 bits per heavy atom. The lowest BCUT2D eigenvalue weighted by Gasteiger charge is -2.20. The summed E-state index contributed by atoms with van der Waals surface area (Å²) in [6.07, 6.45) is 2.42. The minimum absolute atomic E-state index is 0.573. The van der Waals surface area contributed by atoms with Gasteiger partial charge in [0.25, 0.3) is 0 Å². The molecule has 0 bridgehead atoms. The maximum Gasteiger partial charge on any atom is 0.329 e. The van der Waals surface area contributed by atoms with E-state index >= 15 is 0 Å². The molecule has 27 heavy (non-hydrogen) atoms. The van der Waals surface area contributed by atoms with E-state index in [1.165, 1.54) is 6.21 Å². The number of hydrazone groups is 1. The summed E-state index contributed by atoms with van der Waals surface area (Å²) >= 11 is 0. The van der Waals surface area contributed by atoms with Crippen LogP contribution in [0.15, 0.2) is 53.6 Å². The van der Waals surface area contributed by atoms with Crippen LogP contribution in [0.4, 0.5) is 11.4 Å². The van der Waals surface area contributed by atoms with Crippen LogP contribution in [0.25, 0.3) is 0 Å². The van der Waals surface area contributed by atoms with Gasteiger partial charge in [0.15, 0.2) is 0 Å². The molecule has 2 rings (SSSR count). The van der Waals surface area contributed by atoms with E-state index in [2.05, 4.69) is 41.5 Å². The maximum atomic E-state index is 11.9. The minimum atomic E-state index is -0.814. The van der Waals surface area contributed by atoms with Crippen LogP contribution in [-0.4, -0.2) is 31.1 Å². The number of aryl methyl sites for hydroxylation is 1. The van der Waals surface area contributed by atoms with E-state index in [0.717, 1.165) is 36.3 Å². The van der Waals surface area contributed by atoms with Crippen LogP contribution < -0.4 is 15.6 Å². The zero-order valence-electron chi connectivity index (χ0n) is 16.0. The highest BCUT2D eigenvalue weighted by atomic mass is 16.2. The Bertz CT molecular complexity index is 779. The normalized spacial score (nSPS) is 10.6. The lowest BCUT2D eigenvalue weighted by atomic mass is 10.1. The average Bonchev–Trinajstić information content (AvgIpc) is 2.70. The molecule has 0 fully saturated rings. The smallest absolute Gasteiger partial charge is 0.329 e. The van der Waals surface area contributed by atoms with Crippen LogP contribution in [0.2, 0.25) is 0 Å². The monoisotopic (exact) mass is 366 g/mol. The van der Waals surface area contributed by atoms with E-state index in [0.29, 0.717) is 5.69 Å². The van der Waals surface area contributed by atoms with E-state index in [1.54, 1.807) is 12.1 Å². The van der Waals surface area contributed by atoms with E-state index in [1.807, 2.05) is 36.4 Å². The number of carbonyl (C=O) groups excluding carboxylic acids is 2. The summed E-state index contributed by atoms with van der Waals surface area (Å²) in [6, 6.07) is 15.2. The van der Waals surface area contributed by atoms with Gasteiger partial charge in [0.05, 0.1) is 6.21 Å². The molecule has 2 aromatic carbocycles. The number of hydrogen-bond acceptors (Lipinski definition) is 4. The van der Waals surface area contributed by atoms with Crippen molar-refractivity contribution >= 4 is 29.4 Å². The molecule has 0 aliphatic rings. The molecule has 142 valence electrons. The van der Waals surface area contributed by atoms with E-state index in [4.69, 9.17) is 0 Å². The minimum Gasteiger partial charge on any atom is -0.372 e. The molecule has 0 aliphatic heterocycles.